The Hall–Kier alpha value is -3.93. The van der Waals surface area contributed by atoms with Gasteiger partial charge in [0.2, 0.25) is 5.91 Å². The first-order valence-electron chi connectivity index (χ1n) is 14.5. The molecule has 1 aliphatic heterocycles. The molecule has 3 aliphatic carbocycles. The summed E-state index contributed by atoms with van der Waals surface area (Å²) in [6.45, 7) is 2.02. The highest BCUT2D eigenvalue weighted by Crippen LogP contribution is 2.52. The number of benzene rings is 2. The third kappa shape index (κ3) is 4.16. The van der Waals surface area contributed by atoms with Gasteiger partial charge in [0, 0.05) is 45.3 Å². The lowest BCUT2D eigenvalue weighted by atomic mass is 9.52. The van der Waals surface area contributed by atoms with Gasteiger partial charge in [0.1, 0.15) is 5.75 Å². The van der Waals surface area contributed by atoms with Crippen LogP contribution in [0.25, 0.3) is 0 Å². The molecule has 1 heterocycles. The van der Waals surface area contributed by atoms with Crippen LogP contribution in [0.1, 0.15) is 39.0 Å². The topological polar surface area (TPSA) is 162 Å². The summed E-state index contributed by atoms with van der Waals surface area (Å²) >= 11 is 0. The Balaban J connectivity index is 1.42. The van der Waals surface area contributed by atoms with Gasteiger partial charge in [-0.1, -0.05) is 24.3 Å². The minimum absolute atomic E-state index is 0.00348. The molecule has 2 fully saturated rings. The zero-order valence-electron chi connectivity index (χ0n) is 24.7. The normalized spacial score (nSPS) is 30.1. The van der Waals surface area contributed by atoms with Crippen LogP contribution in [0.3, 0.4) is 0 Å². The van der Waals surface area contributed by atoms with Gasteiger partial charge < -0.3 is 20.8 Å². The number of hydrogen-bond donors (Lipinski definition) is 3. The number of rotatable bonds is 5. The Labute approximate surface area is 249 Å². The molecule has 0 bridgehead atoms. The molecular formula is C32H36N4O7. The molecule has 0 aromatic heterocycles. The van der Waals surface area contributed by atoms with Gasteiger partial charge in [-0.05, 0) is 61.2 Å². The Morgan fingerprint density at radius 3 is 2.23 bits per heavy atom. The average molecular weight is 589 g/mol. The van der Waals surface area contributed by atoms with Gasteiger partial charge in [-0.15, -0.1) is 0 Å². The van der Waals surface area contributed by atoms with Gasteiger partial charge in [-0.25, -0.2) is 0 Å². The Morgan fingerprint density at radius 2 is 1.67 bits per heavy atom. The van der Waals surface area contributed by atoms with E-state index in [1.54, 1.807) is 20.2 Å². The van der Waals surface area contributed by atoms with E-state index in [1.807, 2.05) is 31.1 Å². The van der Waals surface area contributed by atoms with Crippen LogP contribution in [0.5, 0.6) is 5.75 Å². The number of Topliss-reactive ketones (excluding diaryl/α,β-unsaturated/α-hetero) is 4. The van der Waals surface area contributed by atoms with E-state index in [0.717, 1.165) is 24.3 Å². The number of amides is 1. The highest BCUT2D eigenvalue weighted by Gasteiger charge is 2.69. The quantitative estimate of drug-likeness (QED) is 0.418. The van der Waals surface area contributed by atoms with E-state index in [0.29, 0.717) is 12.1 Å². The van der Waals surface area contributed by atoms with Crippen molar-refractivity contribution in [1.29, 1.82) is 0 Å². The lowest BCUT2D eigenvalue weighted by Crippen LogP contribution is -2.74. The standard InChI is InChI=1S/C32H36N4O7/c1-34(2)25-18(14-36-12-15-7-5-6-8-16(15)13-36)11-21(37)23-19(25)9-17-10-20-26(35(3)4)28(39)24(31(33)42)30(41)32(20,43)29(40)22(17)27(23)38/h5-8,11,17,20,22,24,26,37,43H,9-10,12-14H2,1-4H3,(H2,33,42)/t17-,20-,22?,24?,26-,32-/m0/s1. The number of phenols is 1. The first kappa shape index (κ1) is 29.2. The minimum Gasteiger partial charge on any atom is -0.507 e. The second-order valence-electron chi connectivity index (χ2n) is 12.9. The fourth-order valence-electron chi connectivity index (χ4n) is 8.16. The molecule has 11 nitrogen and oxygen atoms in total. The number of primary amides is 1. The van der Waals surface area contributed by atoms with Crippen molar-refractivity contribution in [3.63, 3.8) is 0 Å². The highest BCUT2D eigenvalue weighted by molar-refractivity contribution is 6.32. The predicted molar refractivity (Wildman–Crippen MR) is 155 cm³/mol. The summed E-state index contributed by atoms with van der Waals surface area (Å²) in [5.41, 5.74) is 7.36. The molecule has 4 N–H and O–H groups in total. The molecule has 2 unspecified atom stereocenters. The molecule has 226 valence electrons. The van der Waals surface area contributed by atoms with E-state index in [1.165, 1.54) is 16.0 Å². The number of ketones is 4. The van der Waals surface area contributed by atoms with Gasteiger partial charge in [-0.3, -0.25) is 33.8 Å². The van der Waals surface area contributed by atoms with Crippen molar-refractivity contribution in [2.45, 2.75) is 44.1 Å². The Bertz CT molecular complexity index is 1580. The molecule has 4 aliphatic rings. The van der Waals surface area contributed by atoms with E-state index in [2.05, 4.69) is 17.0 Å². The van der Waals surface area contributed by atoms with E-state index >= 15 is 0 Å². The van der Waals surface area contributed by atoms with Crippen molar-refractivity contribution in [3.05, 3.63) is 58.1 Å². The van der Waals surface area contributed by atoms with E-state index in [-0.39, 0.29) is 24.2 Å². The SMILES string of the molecule is CN(C)c1c(CN2Cc3ccccc3C2)cc(O)c2c1C[C@H]1C[C@H]3[C@H](N(C)C)C(=O)C(C(N)=O)C(=O)[C@@]3(O)C(=O)C1C2=O. The van der Waals surface area contributed by atoms with Crippen molar-refractivity contribution >= 4 is 34.7 Å². The Morgan fingerprint density at radius 1 is 1.05 bits per heavy atom. The maximum absolute atomic E-state index is 14.1. The number of nitrogens with zero attached hydrogens (tertiary/aromatic N) is 3. The number of aromatic hydroxyl groups is 1. The zero-order valence-corrected chi connectivity index (χ0v) is 24.7. The number of anilines is 1. The molecule has 0 saturated heterocycles. The summed E-state index contributed by atoms with van der Waals surface area (Å²) in [6.07, 6.45) is 0.240. The number of carbonyl (C=O) groups excluding carboxylic acids is 5. The van der Waals surface area contributed by atoms with Crippen LogP contribution in [0, 0.1) is 23.7 Å². The number of likely N-dealkylation sites (N-methyl/N-ethyl adjacent to an activating group) is 1. The van der Waals surface area contributed by atoms with Gasteiger partial charge in [-0.2, -0.15) is 0 Å². The summed E-state index contributed by atoms with van der Waals surface area (Å²) in [7, 11) is 6.86. The molecule has 2 aromatic carbocycles. The monoisotopic (exact) mass is 588 g/mol. The molecule has 0 radical (unpaired) electrons. The summed E-state index contributed by atoms with van der Waals surface area (Å²) < 4.78 is 0. The maximum atomic E-state index is 14.1. The first-order chi connectivity index (χ1) is 20.3. The van der Waals surface area contributed by atoms with Crippen LogP contribution >= 0.6 is 0 Å². The molecule has 1 amide bonds. The van der Waals surface area contributed by atoms with Crippen LogP contribution < -0.4 is 10.6 Å². The van der Waals surface area contributed by atoms with Crippen LogP contribution in [0.2, 0.25) is 0 Å². The van der Waals surface area contributed by atoms with E-state index in [4.69, 9.17) is 5.73 Å². The molecule has 0 spiro atoms. The largest absolute Gasteiger partial charge is 0.507 e. The maximum Gasteiger partial charge on any atom is 0.235 e. The fraction of sp³-hybridized carbons (Fsp3) is 0.469. The zero-order chi connectivity index (χ0) is 31.1. The van der Waals surface area contributed by atoms with Crippen molar-refractivity contribution < 1.29 is 34.2 Å². The molecule has 11 heteroatoms. The number of fused-ring (bicyclic) bond motifs is 4. The lowest BCUT2D eigenvalue weighted by molar-refractivity contribution is -0.181. The third-order valence-electron chi connectivity index (χ3n) is 9.86. The van der Waals surface area contributed by atoms with Gasteiger partial charge in [0.15, 0.2) is 34.7 Å². The number of aliphatic hydroxyl groups is 1. The van der Waals surface area contributed by atoms with Crippen LogP contribution in [-0.2, 0) is 45.2 Å². The molecule has 2 aromatic rings. The van der Waals surface area contributed by atoms with E-state index in [9.17, 15) is 34.2 Å². The van der Waals surface area contributed by atoms with Crippen molar-refractivity contribution in [1.82, 2.24) is 9.80 Å². The third-order valence-corrected chi connectivity index (χ3v) is 9.86. The van der Waals surface area contributed by atoms with Crippen LogP contribution in [-0.4, -0.2) is 88.9 Å². The second kappa shape index (κ2) is 10.1. The smallest absolute Gasteiger partial charge is 0.235 e. The minimum atomic E-state index is -2.73. The van der Waals surface area contributed by atoms with Crippen molar-refractivity contribution in [2.24, 2.45) is 29.4 Å². The highest BCUT2D eigenvalue weighted by atomic mass is 16.3. The summed E-state index contributed by atoms with van der Waals surface area (Å²) in [6, 6.07) is 8.65. The fourth-order valence-corrected chi connectivity index (χ4v) is 8.16. The number of hydrogen-bond acceptors (Lipinski definition) is 10. The second-order valence-corrected chi connectivity index (χ2v) is 12.9. The Kier molecular flexibility index (Phi) is 6.83. The van der Waals surface area contributed by atoms with Crippen molar-refractivity contribution in [2.75, 3.05) is 33.1 Å². The number of carbonyl (C=O) groups is 5. The first-order valence-corrected chi connectivity index (χ1v) is 14.5. The molecular weight excluding hydrogens is 552 g/mol. The lowest BCUT2D eigenvalue weighted by Gasteiger charge is -2.52. The van der Waals surface area contributed by atoms with Gasteiger partial charge in [0.25, 0.3) is 0 Å². The van der Waals surface area contributed by atoms with Crippen LogP contribution in [0.4, 0.5) is 5.69 Å². The number of phenolic OH excluding ortho intramolecular Hbond substituents is 1. The molecule has 2 saturated carbocycles. The number of nitrogens with two attached hydrogens (primary N) is 1. The van der Waals surface area contributed by atoms with Gasteiger partial charge in [0.05, 0.1) is 17.5 Å². The van der Waals surface area contributed by atoms with E-state index < -0.39 is 64.4 Å². The molecule has 43 heavy (non-hydrogen) atoms. The van der Waals surface area contributed by atoms with Crippen LogP contribution in [0.15, 0.2) is 30.3 Å². The summed E-state index contributed by atoms with van der Waals surface area (Å²) in [5, 5.41) is 23.0. The van der Waals surface area contributed by atoms with Gasteiger partial charge >= 0.3 is 0 Å². The summed E-state index contributed by atoms with van der Waals surface area (Å²) in [4.78, 5) is 72.7. The van der Waals surface area contributed by atoms with Crippen molar-refractivity contribution in [3.8, 4) is 5.75 Å². The predicted octanol–water partition coefficient (Wildman–Crippen LogP) is 0.449. The average Bonchev–Trinajstić information content (AvgIpc) is 3.32. The molecule has 6 rings (SSSR count). The summed E-state index contributed by atoms with van der Waals surface area (Å²) in [5.74, 6) is -10.4. The molecule has 6 atom stereocenters.